The van der Waals surface area contributed by atoms with E-state index in [-0.39, 0.29) is 5.91 Å². The van der Waals surface area contributed by atoms with E-state index in [4.69, 9.17) is 0 Å². The minimum Gasteiger partial charge on any atom is -0.357 e. The molecule has 22 heavy (non-hydrogen) atoms. The largest absolute Gasteiger partial charge is 0.357 e. The molecule has 0 fully saturated rings. The van der Waals surface area contributed by atoms with E-state index in [0.717, 1.165) is 37.4 Å². The van der Waals surface area contributed by atoms with E-state index in [1.54, 1.807) is 12.3 Å². The normalized spacial score (nSPS) is 10.3. The molecule has 2 aromatic rings. The summed E-state index contributed by atoms with van der Waals surface area (Å²) in [4.78, 5) is 19.0. The first-order valence-electron chi connectivity index (χ1n) is 7.82. The Kier molecular flexibility index (Phi) is 5.95. The number of carbonyl (C=O) groups is 1. The summed E-state index contributed by atoms with van der Waals surface area (Å²) < 4.78 is 0. The topological polar surface area (TPSA) is 45.2 Å². The van der Waals surface area contributed by atoms with Crippen molar-refractivity contribution >= 4 is 17.4 Å². The molecule has 0 unspecified atom stereocenters. The van der Waals surface area contributed by atoms with Gasteiger partial charge in [0.05, 0.1) is 0 Å². The maximum absolute atomic E-state index is 12.3. The maximum atomic E-state index is 12.3. The summed E-state index contributed by atoms with van der Waals surface area (Å²) in [6, 6.07) is 13.1. The highest BCUT2D eigenvalue weighted by Crippen LogP contribution is 2.15. The van der Waals surface area contributed by atoms with Crippen LogP contribution in [-0.4, -0.2) is 24.0 Å². The molecule has 116 valence electrons. The molecule has 0 aliphatic heterocycles. The van der Waals surface area contributed by atoms with Crippen LogP contribution in [0.15, 0.2) is 48.7 Å². The molecule has 0 saturated carbocycles. The van der Waals surface area contributed by atoms with Crippen molar-refractivity contribution in [1.29, 1.82) is 0 Å². The van der Waals surface area contributed by atoms with Crippen molar-refractivity contribution in [2.45, 2.75) is 26.7 Å². The summed E-state index contributed by atoms with van der Waals surface area (Å²) in [7, 11) is 0. The fourth-order valence-electron chi connectivity index (χ4n) is 2.34. The number of amides is 1. The Morgan fingerprint density at radius 3 is 2.41 bits per heavy atom. The Labute approximate surface area is 132 Å². The van der Waals surface area contributed by atoms with Crippen LogP contribution >= 0.6 is 0 Å². The van der Waals surface area contributed by atoms with Crippen LogP contribution in [0.4, 0.5) is 11.5 Å². The van der Waals surface area contributed by atoms with E-state index < -0.39 is 0 Å². The first kappa shape index (κ1) is 16.0. The fourth-order valence-corrected chi connectivity index (χ4v) is 2.34. The molecule has 1 aromatic carbocycles. The minimum atomic E-state index is -0.109. The fraction of sp³-hybridized carbons (Fsp3) is 0.333. The van der Waals surface area contributed by atoms with Crippen molar-refractivity contribution in [2.75, 3.05) is 23.3 Å². The van der Waals surface area contributed by atoms with Crippen LogP contribution in [0.2, 0.25) is 0 Å². The van der Waals surface area contributed by atoms with E-state index in [9.17, 15) is 4.79 Å². The zero-order valence-electron chi connectivity index (χ0n) is 13.2. The number of rotatable bonds is 7. The van der Waals surface area contributed by atoms with Gasteiger partial charge in [-0.3, -0.25) is 4.79 Å². The van der Waals surface area contributed by atoms with Gasteiger partial charge in [0.15, 0.2) is 0 Å². The number of nitrogens with zero attached hydrogens (tertiary/aromatic N) is 2. The Morgan fingerprint density at radius 1 is 1.09 bits per heavy atom. The van der Waals surface area contributed by atoms with E-state index in [0.29, 0.717) is 5.56 Å². The van der Waals surface area contributed by atoms with Gasteiger partial charge in [-0.15, -0.1) is 0 Å². The molecule has 1 N–H and O–H groups in total. The molecule has 1 aromatic heterocycles. The van der Waals surface area contributed by atoms with Gasteiger partial charge in [0, 0.05) is 30.5 Å². The van der Waals surface area contributed by atoms with E-state index in [1.807, 2.05) is 36.4 Å². The van der Waals surface area contributed by atoms with E-state index in [2.05, 4.69) is 29.0 Å². The smallest absolute Gasteiger partial charge is 0.255 e. The standard InChI is InChI=1S/C18H23N3O/c1-3-12-21(13-4-2)17-14-15(10-11-19-17)18(22)20-16-8-6-5-7-9-16/h5-11,14H,3-4,12-13H2,1-2H3,(H,20,22). The number of benzene rings is 1. The molecule has 1 amide bonds. The van der Waals surface area contributed by atoms with Crippen LogP contribution in [0.1, 0.15) is 37.0 Å². The van der Waals surface area contributed by atoms with Crippen molar-refractivity contribution in [1.82, 2.24) is 4.98 Å². The second-order valence-corrected chi connectivity index (χ2v) is 5.21. The molecule has 0 atom stereocenters. The van der Waals surface area contributed by atoms with Gasteiger partial charge in [-0.25, -0.2) is 4.98 Å². The number of para-hydroxylation sites is 1. The Morgan fingerprint density at radius 2 is 1.77 bits per heavy atom. The number of nitrogens with one attached hydrogen (secondary N) is 1. The number of aromatic nitrogens is 1. The molecule has 0 radical (unpaired) electrons. The molecule has 0 bridgehead atoms. The number of hydrogen-bond acceptors (Lipinski definition) is 3. The average Bonchev–Trinajstić information content (AvgIpc) is 2.56. The number of anilines is 2. The average molecular weight is 297 g/mol. The van der Waals surface area contributed by atoms with Crippen molar-refractivity contribution < 1.29 is 4.79 Å². The number of pyridine rings is 1. The second-order valence-electron chi connectivity index (χ2n) is 5.21. The quantitative estimate of drug-likeness (QED) is 0.841. The second kappa shape index (κ2) is 8.17. The van der Waals surface area contributed by atoms with Gasteiger partial charge in [-0.2, -0.15) is 0 Å². The summed E-state index contributed by atoms with van der Waals surface area (Å²) in [6.07, 6.45) is 3.82. The van der Waals surface area contributed by atoms with E-state index in [1.165, 1.54) is 0 Å². The van der Waals surface area contributed by atoms with Crippen LogP contribution in [0.5, 0.6) is 0 Å². The van der Waals surface area contributed by atoms with Gasteiger partial charge in [0.25, 0.3) is 5.91 Å². The van der Waals surface area contributed by atoms with Crippen LogP contribution in [0.25, 0.3) is 0 Å². The van der Waals surface area contributed by atoms with E-state index >= 15 is 0 Å². The number of hydrogen-bond donors (Lipinski definition) is 1. The minimum absolute atomic E-state index is 0.109. The molecular formula is C18H23N3O. The van der Waals surface area contributed by atoms with Crippen molar-refractivity contribution in [3.63, 3.8) is 0 Å². The van der Waals surface area contributed by atoms with Crippen molar-refractivity contribution in [2.24, 2.45) is 0 Å². The zero-order valence-corrected chi connectivity index (χ0v) is 13.2. The predicted octanol–water partition coefficient (Wildman–Crippen LogP) is 3.96. The zero-order chi connectivity index (χ0) is 15.8. The molecular weight excluding hydrogens is 274 g/mol. The summed E-state index contributed by atoms with van der Waals surface area (Å²) in [5, 5.41) is 2.90. The first-order chi connectivity index (χ1) is 10.7. The lowest BCUT2D eigenvalue weighted by molar-refractivity contribution is 0.102. The Hall–Kier alpha value is -2.36. The summed E-state index contributed by atoms with van der Waals surface area (Å²) >= 11 is 0. The van der Waals surface area contributed by atoms with Gasteiger partial charge in [-0.1, -0.05) is 32.0 Å². The molecule has 0 spiro atoms. The molecule has 4 nitrogen and oxygen atoms in total. The maximum Gasteiger partial charge on any atom is 0.255 e. The molecule has 0 saturated heterocycles. The molecule has 2 rings (SSSR count). The highest BCUT2D eigenvalue weighted by Gasteiger charge is 2.11. The van der Waals surface area contributed by atoms with Gasteiger partial charge in [-0.05, 0) is 37.1 Å². The Balaban J connectivity index is 2.14. The monoisotopic (exact) mass is 297 g/mol. The highest BCUT2D eigenvalue weighted by molar-refractivity contribution is 6.04. The lowest BCUT2D eigenvalue weighted by Crippen LogP contribution is -2.26. The molecule has 0 aliphatic carbocycles. The molecule has 1 heterocycles. The van der Waals surface area contributed by atoms with Crippen molar-refractivity contribution in [3.05, 3.63) is 54.2 Å². The summed E-state index contributed by atoms with van der Waals surface area (Å²) in [5.41, 5.74) is 1.43. The van der Waals surface area contributed by atoms with Gasteiger partial charge in [0.1, 0.15) is 5.82 Å². The molecule has 4 heteroatoms. The third kappa shape index (κ3) is 4.32. The number of carbonyl (C=O) groups excluding carboxylic acids is 1. The third-order valence-electron chi connectivity index (χ3n) is 3.35. The SMILES string of the molecule is CCCN(CCC)c1cc(C(=O)Nc2ccccc2)ccn1. The first-order valence-corrected chi connectivity index (χ1v) is 7.82. The van der Waals surface area contributed by atoms with Crippen LogP contribution in [0, 0.1) is 0 Å². The van der Waals surface area contributed by atoms with Gasteiger partial charge >= 0.3 is 0 Å². The van der Waals surface area contributed by atoms with Crippen LogP contribution < -0.4 is 10.2 Å². The predicted molar refractivity (Wildman–Crippen MR) is 91.4 cm³/mol. The lowest BCUT2D eigenvalue weighted by atomic mass is 10.2. The third-order valence-corrected chi connectivity index (χ3v) is 3.35. The summed E-state index contributed by atoms with van der Waals surface area (Å²) in [5.74, 6) is 0.757. The van der Waals surface area contributed by atoms with Crippen molar-refractivity contribution in [3.8, 4) is 0 Å². The molecule has 0 aliphatic rings. The van der Waals surface area contributed by atoms with Crippen LogP contribution in [0.3, 0.4) is 0 Å². The van der Waals surface area contributed by atoms with Gasteiger partial charge in [0.2, 0.25) is 0 Å². The highest BCUT2D eigenvalue weighted by atomic mass is 16.1. The van der Waals surface area contributed by atoms with Crippen LogP contribution in [-0.2, 0) is 0 Å². The Bertz CT molecular complexity index is 592. The lowest BCUT2D eigenvalue weighted by Gasteiger charge is -2.22. The summed E-state index contributed by atoms with van der Waals surface area (Å²) in [6.45, 7) is 6.19. The van der Waals surface area contributed by atoms with Gasteiger partial charge < -0.3 is 10.2 Å².